The van der Waals surface area contributed by atoms with Crippen LogP contribution in [-0.2, 0) is 6.42 Å². The van der Waals surface area contributed by atoms with Crippen molar-refractivity contribution >= 4 is 21.6 Å². The van der Waals surface area contributed by atoms with E-state index in [4.69, 9.17) is 5.73 Å². The van der Waals surface area contributed by atoms with Gasteiger partial charge in [0.15, 0.2) is 0 Å². The summed E-state index contributed by atoms with van der Waals surface area (Å²) in [5.41, 5.74) is 8.67. The molecule has 1 aromatic carbocycles. The number of thiazole rings is 1. The SMILES string of the molecule is Cc1ccc2nc(CCC3(N)CC3)sc2c1. The molecule has 2 nitrogen and oxygen atoms in total. The van der Waals surface area contributed by atoms with Crippen LogP contribution in [0, 0.1) is 6.92 Å². The third-order valence-electron chi connectivity index (χ3n) is 3.32. The van der Waals surface area contributed by atoms with Gasteiger partial charge < -0.3 is 5.73 Å². The smallest absolute Gasteiger partial charge is 0.0939 e. The van der Waals surface area contributed by atoms with Crippen LogP contribution in [0.4, 0.5) is 0 Å². The summed E-state index contributed by atoms with van der Waals surface area (Å²) in [5, 5.41) is 1.23. The van der Waals surface area contributed by atoms with Crippen molar-refractivity contribution in [3.63, 3.8) is 0 Å². The molecule has 0 amide bonds. The predicted octanol–water partition coefficient (Wildman–Crippen LogP) is 3.03. The molecule has 1 aliphatic carbocycles. The summed E-state index contributed by atoms with van der Waals surface area (Å²) in [4.78, 5) is 4.65. The molecule has 0 radical (unpaired) electrons. The molecule has 84 valence electrons. The Kier molecular flexibility index (Phi) is 2.26. The van der Waals surface area contributed by atoms with Crippen molar-refractivity contribution in [2.24, 2.45) is 5.73 Å². The molecule has 1 aliphatic rings. The number of fused-ring (bicyclic) bond motifs is 1. The second-order valence-corrected chi connectivity index (χ2v) is 6.06. The Morgan fingerprint density at radius 3 is 3.00 bits per heavy atom. The third kappa shape index (κ3) is 1.97. The van der Waals surface area contributed by atoms with Gasteiger partial charge in [0.1, 0.15) is 0 Å². The van der Waals surface area contributed by atoms with Crippen LogP contribution in [0.3, 0.4) is 0 Å². The highest BCUT2D eigenvalue weighted by Gasteiger charge is 2.37. The summed E-state index contributed by atoms with van der Waals surface area (Å²) < 4.78 is 1.30. The van der Waals surface area contributed by atoms with Gasteiger partial charge in [-0.3, -0.25) is 0 Å². The first kappa shape index (κ1) is 10.2. The molecule has 2 aromatic rings. The molecule has 1 aromatic heterocycles. The molecule has 0 unspecified atom stereocenters. The predicted molar refractivity (Wildman–Crippen MR) is 68.8 cm³/mol. The zero-order chi connectivity index (χ0) is 11.2. The Morgan fingerprint density at radius 2 is 2.25 bits per heavy atom. The van der Waals surface area contributed by atoms with Gasteiger partial charge in [0, 0.05) is 12.0 Å². The molecule has 1 saturated carbocycles. The molecule has 0 bridgehead atoms. The van der Waals surface area contributed by atoms with E-state index in [0.29, 0.717) is 0 Å². The quantitative estimate of drug-likeness (QED) is 0.883. The first-order valence-electron chi connectivity index (χ1n) is 5.80. The fourth-order valence-electron chi connectivity index (χ4n) is 1.95. The topological polar surface area (TPSA) is 38.9 Å². The normalized spacial score (nSPS) is 17.9. The van der Waals surface area contributed by atoms with Gasteiger partial charge in [-0.2, -0.15) is 0 Å². The van der Waals surface area contributed by atoms with Crippen molar-refractivity contribution in [1.82, 2.24) is 4.98 Å². The van der Waals surface area contributed by atoms with E-state index in [1.807, 2.05) is 11.3 Å². The minimum absolute atomic E-state index is 0.147. The van der Waals surface area contributed by atoms with E-state index < -0.39 is 0 Å². The van der Waals surface area contributed by atoms with Crippen LogP contribution >= 0.6 is 11.3 Å². The lowest BCUT2D eigenvalue weighted by Gasteiger charge is -2.04. The van der Waals surface area contributed by atoms with Crippen molar-refractivity contribution in [2.45, 2.75) is 38.1 Å². The van der Waals surface area contributed by atoms with Gasteiger partial charge in [-0.25, -0.2) is 4.98 Å². The largest absolute Gasteiger partial charge is 0.325 e. The molecule has 0 spiro atoms. The molecular formula is C13H16N2S. The zero-order valence-electron chi connectivity index (χ0n) is 9.49. The summed E-state index contributed by atoms with van der Waals surface area (Å²) in [6, 6.07) is 6.45. The summed E-state index contributed by atoms with van der Waals surface area (Å²) in [6.45, 7) is 2.12. The van der Waals surface area contributed by atoms with Crippen molar-refractivity contribution < 1.29 is 0 Å². The highest BCUT2D eigenvalue weighted by Crippen LogP contribution is 2.37. The number of rotatable bonds is 3. The van der Waals surface area contributed by atoms with Gasteiger partial charge in [0.05, 0.1) is 15.2 Å². The standard InChI is InChI=1S/C13H16N2S/c1-9-2-3-10-11(8-9)16-12(15-10)4-5-13(14)6-7-13/h2-3,8H,4-7,14H2,1H3. The van der Waals surface area contributed by atoms with E-state index in [9.17, 15) is 0 Å². The third-order valence-corrected chi connectivity index (χ3v) is 4.40. The maximum atomic E-state index is 6.09. The molecule has 0 saturated heterocycles. The van der Waals surface area contributed by atoms with Gasteiger partial charge in [0.2, 0.25) is 0 Å². The molecule has 0 atom stereocenters. The van der Waals surface area contributed by atoms with Gasteiger partial charge in [-0.05, 0) is 43.9 Å². The van der Waals surface area contributed by atoms with E-state index in [1.165, 1.54) is 28.1 Å². The number of hydrogen-bond acceptors (Lipinski definition) is 3. The lowest BCUT2D eigenvalue weighted by molar-refractivity contribution is 0.608. The van der Waals surface area contributed by atoms with Crippen molar-refractivity contribution in [3.8, 4) is 0 Å². The minimum Gasteiger partial charge on any atom is -0.325 e. The molecule has 1 heterocycles. The van der Waals surface area contributed by atoms with E-state index in [1.54, 1.807) is 0 Å². The molecular weight excluding hydrogens is 216 g/mol. The van der Waals surface area contributed by atoms with Crippen LogP contribution in [0.1, 0.15) is 29.8 Å². The van der Waals surface area contributed by atoms with E-state index >= 15 is 0 Å². The fourth-order valence-corrected chi connectivity index (χ4v) is 3.02. The number of aryl methyl sites for hydroxylation is 2. The molecule has 2 N–H and O–H groups in total. The highest BCUT2D eigenvalue weighted by molar-refractivity contribution is 7.18. The Labute approximate surface area is 99.5 Å². The number of nitrogens with two attached hydrogens (primary N) is 1. The van der Waals surface area contributed by atoms with Gasteiger partial charge in [0.25, 0.3) is 0 Å². The lowest BCUT2D eigenvalue weighted by atomic mass is 10.1. The molecule has 0 aliphatic heterocycles. The van der Waals surface area contributed by atoms with Crippen molar-refractivity contribution in [1.29, 1.82) is 0 Å². The lowest BCUT2D eigenvalue weighted by Crippen LogP contribution is -2.21. The summed E-state index contributed by atoms with van der Waals surface area (Å²) in [6.07, 6.45) is 4.51. The van der Waals surface area contributed by atoms with Crippen LogP contribution in [0.15, 0.2) is 18.2 Å². The second kappa shape index (κ2) is 3.54. The zero-order valence-corrected chi connectivity index (χ0v) is 10.3. The number of aromatic nitrogens is 1. The van der Waals surface area contributed by atoms with Crippen LogP contribution in [0.2, 0.25) is 0 Å². The highest BCUT2D eigenvalue weighted by atomic mass is 32.1. The minimum atomic E-state index is 0.147. The second-order valence-electron chi connectivity index (χ2n) is 4.94. The maximum Gasteiger partial charge on any atom is 0.0939 e. The van der Waals surface area contributed by atoms with Crippen LogP contribution in [0.25, 0.3) is 10.2 Å². The summed E-state index contributed by atoms with van der Waals surface area (Å²) in [5.74, 6) is 0. The Hall–Kier alpha value is -0.930. The van der Waals surface area contributed by atoms with Crippen molar-refractivity contribution in [2.75, 3.05) is 0 Å². The monoisotopic (exact) mass is 232 g/mol. The molecule has 16 heavy (non-hydrogen) atoms. The Balaban J connectivity index is 1.82. The van der Waals surface area contributed by atoms with Crippen LogP contribution in [0.5, 0.6) is 0 Å². The number of hydrogen-bond donors (Lipinski definition) is 1. The average Bonchev–Trinajstić information content (AvgIpc) is 2.85. The van der Waals surface area contributed by atoms with Crippen LogP contribution < -0.4 is 5.73 Å². The molecule has 1 fully saturated rings. The number of nitrogens with zero attached hydrogens (tertiary/aromatic N) is 1. The molecule has 3 heteroatoms. The summed E-state index contributed by atoms with van der Waals surface area (Å²) in [7, 11) is 0. The van der Waals surface area contributed by atoms with Crippen molar-refractivity contribution in [3.05, 3.63) is 28.8 Å². The number of benzene rings is 1. The Morgan fingerprint density at radius 1 is 1.44 bits per heavy atom. The van der Waals surface area contributed by atoms with Crippen LogP contribution in [-0.4, -0.2) is 10.5 Å². The van der Waals surface area contributed by atoms with E-state index in [0.717, 1.165) is 18.4 Å². The maximum absolute atomic E-state index is 6.09. The Bertz CT molecular complexity index is 526. The fraction of sp³-hybridized carbons (Fsp3) is 0.462. The molecule has 3 rings (SSSR count). The van der Waals surface area contributed by atoms with Gasteiger partial charge >= 0.3 is 0 Å². The first-order chi connectivity index (χ1) is 7.65. The van der Waals surface area contributed by atoms with Gasteiger partial charge in [-0.1, -0.05) is 6.07 Å². The average molecular weight is 232 g/mol. The van der Waals surface area contributed by atoms with E-state index in [-0.39, 0.29) is 5.54 Å². The van der Waals surface area contributed by atoms with E-state index in [2.05, 4.69) is 30.1 Å². The first-order valence-corrected chi connectivity index (χ1v) is 6.61. The van der Waals surface area contributed by atoms with Gasteiger partial charge in [-0.15, -0.1) is 11.3 Å². The summed E-state index contributed by atoms with van der Waals surface area (Å²) >= 11 is 1.81.